The lowest BCUT2D eigenvalue weighted by atomic mass is 9.96. The zero-order chi connectivity index (χ0) is 15.6. The fourth-order valence-corrected chi connectivity index (χ4v) is 2.09. The molecule has 0 saturated heterocycles. The number of carbonyl (C=O) groups is 1. The Bertz CT molecular complexity index is 646. The van der Waals surface area contributed by atoms with Gasteiger partial charge in [-0.2, -0.15) is 4.98 Å². The minimum absolute atomic E-state index is 0.194. The zero-order valence-electron chi connectivity index (χ0n) is 12.9. The molecular weight excluding hydrogens is 268 g/mol. The van der Waals surface area contributed by atoms with Gasteiger partial charge in [0.15, 0.2) is 5.58 Å². The molecule has 2 rings (SSSR count). The van der Waals surface area contributed by atoms with Crippen molar-refractivity contribution in [2.45, 2.75) is 32.2 Å². The van der Waals surface area contributed by atoms with Crippen molar-refractivity contribution < 1.29 is 9.21 Å². The number of nitrogens with two attached hydrogens (primary N) is 1. The quantitative estimate of drug-likeness (QED) is 0.883. The highest BCUT2D eigenvalue weighted by Crippen LogP contribution is 2.24. The number of anilines is 2. The van der Waals surface area contributed by atoms with Crippen LogP contribution in [-0.2, 0) is 4.79 Å². The third-order valence-electron chi connectivity index (χ3n) is 3.30. The highest BCUT2D eigenvalue weighted by Gasteiger charge is 2.27. The largest absolute Gasteiger partial charge is 0.423 e. The normalized spacial score (nSPS) is 14.0. The number of hydrogen-bond donors (Lipinski definition) is 2. The average Bonchev–Trinajstić information content (AvgIpc) is 2.81. The van der Waals surface area contributed by atoms with Crippen LogP contribution in [0, 0.1) is 0 Å². The van der Waals surface area contributed by atoms with Crippen LogP contribution in [0.3, 0.4) is 0 Å². The van der Waals surface area contributed by atoms with Crippen molar-refractivity contribution in [2.75, 3.05) is 24.3 Å². The molecule has 114 valence electrons. The van der Waals surface area contributed by atoms with Crippen LogP contribution in [0.25, 0.3) is 11.1 Å². The minimum atomic E-state index is -0.873. The van der Waals surface area contributed by atoms with E-state index in [0.29, 0.717) is 29.2 Å². The maximum Gasteiger partial charge on any atom is 0.297 e. The van der Waals surface area contributed by atoms with E-state index in [4.69, 9.17) is 10.2 Å². The topological polar surface area (TPSA) is 84.4 Å². The van der Waals surface area contributed by atoms with E-state index in [1.54, 1.807) is 30.0 Å². The van der Waals surface area contributed by atoms with Crippen molar-refractivity contribution in [1.82, 2.24) is 4.98 Å². The fraction of sp³-hybridized carbons (Fsp3) is 0.467. The molecule has 0 aliphatic heterocycles. The van der Waals surface area contributed by atoms with E-state index < -0.39 is 5.54 Å². The van der Waals surface area contributed by atoms with Crippen molar-refractivity contribution in [3.8, 4) is 0 Å². The molecule has 0 spiro atoms. The van der Waals surface area contributed by atoms with Gasteiger partial charge in [-0.3, -0.25) is 4.79 Å². The molecule has 0 bridgehead atoms. The first-order valence-corrected chi connectivity index (χ1v) is 7.01. The van der Waals surface area contributed by atoms with Crippen LogP contribution in [0.15, 0.2) is 22.6 Å². The Kier molecular flexibility index (Phi) is 4.18. The van der Waals surface area contributed by atoms with Gasteiger partial charge in [0.1, 0.15) is 5.52 Å². The van der Waals surface area contributed by atoms with Crippen molar-refractivity contribution in [2.24, 2.45) is 5.73 Å². The van der Waals surface area contributed by atoms with Crippen LogP contribution in [0.4, 0.5) is 11.7 Å². The molecule has 1 aromatic heterocycles. The van der Waals surface area contributed by atoms with E-state index in [9.17, 15) is 4.79 Å². The molecule has 0 aliphatic carbocycles. The number of aromatic nitrogens is 1. The number of hydrogen-bond acceptors (Lipinski definition) is 5. The Morgan fingerprint density at radius 1 is 1.48 bits per heavy atom. The van der Waals surface area contributed by atoms with Gasteiger partial charge < -0.3 is 20.4 Å². The number of oxazole rings is 1. The van der Waals surface area contributed by atoms with E-state index in [0.717, 1.165) is 6.42 Å². The Morgan fingerprint density at radius 2 is 2.19 bits per heavy atom. The molecule has 6 heteroatoms. The maximum atomic E-state index is 12.2. The van der Waals surface area contributed by atoms with E-state index in [-0.39, 0.29) is 5.91 Å². The van der Waals surface area contributed by atoms with Gasteiger partial charge in [-0.1, -0.05) is 13.3 Å². The van der Waals surface area contributed by atoms with Crippen molar-refractivity contribution in [1.29, 1.82) is 0 Å². The molecule has 0 fully saturated rings. The Balaban J connectivity index is 2.21. The maximum absolute atomic E-state index is 12.2. The molecule has 1 aromatic carbocycles. The molecule has 6 nitrogen and oxygen atoms in total. The van der Waals surface area contributed by atoms with Crippen molar-refractivity contribution in [3.63, 3.8) is 0 Å². The van der Waals surface area contributed by atoms with Gasteiger partial charge in [-0.25, -0.2) is 0 Å². The highest BCUT2D eigenvalue weighted by molar-refractivity contribution is 5.98. The number of fused-ring (bicyclic) bond motifs is 1. The molecule has 0 saturated carbocycles. The summed E-state index contributed by atoms with van der Waals surface area (Å²) >= 11 is 0. The van der Waals surface area contributed by atoms with Crippen LogP contribution in [0.2, 0.25) is 0 Å². The summed E-state index contributed by atoms with van der Waals surface area (Å²) in [6, 6.07) is 5.89. The number of carbonyl (C=O) groups excluding carboxylic acids is 1. The number of amides is 1. The van der Waals surface area contributed by atoms with Crippen LogP contribution in [0.1, 0.15) is 26.7 Å². The second kappa shape index (κ2) is 5.73. The van der Waals surface area contributed by atoms with Crippen LogP contribution < -0.4 is 16.0 Å². The van der Waals surface area contributed by atoms with Crippen LogP contribution in [0.5, 0.6) is 0 Å². The molecule has 0 radical (unpaired) electrons. The summed E-state index contributed by atoms with van der Waals surface area (Å²) in [6.07, 6.45) is 1.49. The average molecular weight is 290 g/mol. The van der Waals surface area contributed by atoms with Crippen molar-refractivity contribution >= 4 is 28.7 Å². The molecule has 3 N–H and O–H groups in total. The molecule has 1 heterocycles. The number of nitrogens with one attached hydrogen (secondary N) is 1. The van der Waals surface area contributed by atoms with Gasteiger partial charge in [0, 0.05) is 19.8 Å². The van der Waals surface area contributed by atoms with E-state index in [2.05, 4.69) is 10.3 Å². The lowest BCUT2D eigenvalue weighted by Gasteiger charge is -2.22. The number of nitrogens with zero attached hydrogens (tertiary/aromatic N) is 2. The monoisotopic (exact) mass is 290 g/mol. The second-order valence-corrected chi connectivity index (χ2v) is 5.69. The molecule has 2 aromatic rings. The first-order valence-electron chi connectivity index (χ1n) is 7.01. The fourth-order valence-electron chi connectivity index (χ4n) is 2.09. The Hall–Kier alpha value is -2.08. The number of benzene rings is 1. The van der Waals surface area contributed by atoms with Crippen LogP contribution >= 0.6 is 0 Å². The molecule has 1 unspecified atom stereocenters. The summed E-state index contributed by atoms with van der Waals surface area (Å²) in [6.45, 7) is 3.74. The van der Waals surface area contributed by atoms with E-state index in [1.165, 1.54) is 0 Å². The lowest BCUT2D eigenvalue weighted by Crippen LogP contribution is -2.48. The summed E-state index contributed by atoms with van der Waals surface area (Å²) in [5.41, 5.74) is 7.20. The molecule has 1 amide bonds. The number of rotatable bonds is 5. The standard InChI is InChI=1S/C15H22N4O2/c1-5-8-15(2,16)13(20)17-10-6-7-12-11(9-10)18-14(21-12)19(3)4/h6-7,9H,5,8,16H2,1-4H3,(H,17,20). The first-order chi connectivity index (χ1) is 9.83. The summed E-state index contributed by atoms with van der Waals surface area (Å²) in [4.78, 5) is 18.3. The van der Waals surface area contributed by atoms with E-state index >= 15 is 0 Å². The minimum Gasteiger partial charge on any atom is -0.423 e. The third kappa shape index (κ3) is 3.33. The zero-order valence-corrected chi connectivity index (χ0v) is 12.9. The molecule has 0 aliphatic rings. The molecular formula is C15H22N4O2. The summed E-state index contributed by atoms with van der Waals surface area (Å²) in [5, 5.41) is 2.84. The first kappa shape index (κ1) is 15.3. The van der Waals surface area contributed by atoms with Crippen molar-refractivity contribution in [3.05, 3.63) is 18.2 Å². The summed E-state index contributed by atoms with van der Waals surface area (Å²) in [7, 11) is 3.72. The van der Waals surface area contributed by atoms with Gasteiger partial charge in [-0.05, 0) is 31.5 Å². The summed E-state index contributed by atoms with van der Waals surface area (Å²) in [5.74, 6) is -0.194. The predicted octanol–water partition coefficient (Wildman–Crippen LogP) is 2.35. The Labute approximate surface area is 124 Å². The van der Waals surface area contributed by atoms with E-state index in [1.807, 2.05) is 21.0 Å². The lowest BCUT2D eigenvalue weighted by molar-refractivity contribution is -0.120. The van der Waals surface area contributed by atoms with Gasteiger partial charge in [-0.15, -0.1) is 0 Å². The predicted molar refractivity (Wildman–Crippen MR) is 84.5 cm³/mol. The molecule has 1 atom stereocenters. The van der Waals surface area contributed by atoms with Gasteiger partial charge in [0.05, 0.1) is 5.54 Å². The van der Waals surface area contributed by atoms with Crippen LogP contribution in [-0.4, -0.2) is 30.5 Å². The smallest absolute Gasteiger partial charge is 0.297 e. The summed E-state index contributed by atoms with van der Waals surface area (Å²) < 4.78 is 5.57. The Morgan fingerprint density at radius 3 is 2.81 bits per heavy atom. The SMILES string of the molecule is CCCC(C)(N)C(=O)Nc1ccc2oc(N(C)C)nc2c1. The van der Waals surface area contributed by atoms with Gasteiger partial charge in [0.2, 0.25) is 5.91 Å². The second-order valence-electron chi connectivity index (χ2n) is 5.69. The highest BCUT2D eigenvalue weighted by atomic mass is 16.4. The third-order valence-corrected chi connectivity index (χ3v) is 3.30. The van der Waals surface area contributed by atoms with Gasteiger partial charge >= 0.3 is 0 Å². The molecule has 21 heavy (non-hydrogen) atoms. The van der Waals surface area contributed by atoms with Gasteiger partial charge in [0.25, 0.3) is 6.01 Å².